The lowest BCUT2D eigenvalue weighted by molar-refractivity contribution is 0.0837. The first-order chi connectivity index (χ1) is 7.68. The summed E-state index contributed by atoms with van der Waals surface area (Å²) in [6, 6.07) is 0. The van der Waals surface area contributed by atoms with E-state index in [-0.39, 0.29) is 0 Å². The molecule has 0 saturated carbocycles. The van der Waals surface area contributed by atoms with Crippen LogP contribution < -0.4 is 0 Å². The molecule has 0 aliphatic heterocycles. The predicted molar refractivity (Wildman–Crippen MR) is 66.6 cm³/mol. The van der Waals surface area contributed by atoms with Gasteiger partial charge in [-0.1, -0.05) is 50.4 Å². The van der Waals surface area contributed by atoms with Crippen LogP contribution in [0.1, 0.15) is 52.4 Å². The van der Waals surface area contributed by atoms with Gasteiger partial charge in [0.25, 0.3) is 0 Å². The average Bonchev–Trinajstić information content (AvgIpc) is 2.31. The molecule has 0 radical (unpaired) electrons. The fraction of sp³-hybridized carbons (Fsp3) is 0.714. The standard InChI is InChI=1S/C14H22O2/c1-3-5-7-9-11-14(16,13-15)12-10-8-6-4-2/h15-16H,3-8,13H2,1-2H3. The minimum absolute atomic E-state index is 0.425. The molecule has 0 aromatic rings. The van der Waals surface area contributed by atoms with Gasteiger partial charge in [-0.15, -0.1) is 0 Å². The number of hydrogen-bond donors (Lipinski definition) is 2. The van der Waals surface area contributed by atoms with E-state index in [2.05, 4.69) is 37.5 Å². The molecule has 2 nitrogen and oxygen atoms in total. The van der Waals surface area contributed by atoms with Crippen molar-refractivity contribution in [2.45, 2.75) is 58.0 Å². The van der Waals surface area contributed by atoms with E-state index in [0.29, 0.717) is 0 Å². The van der Waals surface area contributed by atoms with Crippen LogP contribution in [0.25, 0.3) is 0 Å². The van der Waals surface area contributed by atoms with E-state index in [0.717, 1.165) is 38.5 Å². The van der Waals surface area contributed by atoms with Gasteiger partial charge in [-0.2, -0.15) is 0 Å². The molecule has 0 rings (SSSR count). The van der Waals surface area contributed by atoms with Crippen molar-refractivity contribution in [3.8, 4) is 23.7 Å². The monoisotopic (exact) mass is 222 g/mol. The Balaban J connectivity index is 4.25. The van der Waals surface area contributed by atoms with Crippen LogP contribution in [0.3, 0.4) is 0 Å². The molecule has 0 heterocycles. The highest BCUT2D eigenvalue weighted by atomic mass is 16.3. The smallest absolute Gasteiger partial charge is 0.211 e. The maximum Gasteiger partial charge on any atom is 0.211 e. The van der Waals surface area contributed by atoms with Gasteiger partial charge in [0, 0.05) is 12.8 Å². The first-order valence-corrected chi connectivity index (χ1v) is 6.01. The summed E-state index contributed by atoms with van der Waals surface area (Å²) in [5, 5.41) is 18.9. The van der Waals surface area contributed by atoms with Gasteiger partial charge < -0.3 is 10.2 Å². The number of aliphatic hydroxyl groups excluding tert-OH is 1. The third kappa shape index (κ3) is 7.35. The van der Waals surface area contributed by atoms with Crippen molar-refractivity contribution >= 4 is 0 Å². The van der Waals surface area contributed by atoms with Crippen molar-refractivity contribution in [2.24, 2.45) is 0 Å². The molecule has 0 fully saturated rings. The van der Waals surface area contributed by atoms with E-state index in [1.165, 1.54) is 0 Å². The van der Waals surface area contributed by atoms with Crippen molar-refractivity contribution in [2.75, 3.05) is 6.61 Å². The lowest BCUT2D eigenvalue weighted by Gasteiger charge is -2.10. The van der Waals surface area contributed by atoms with Gasteiger partial charge in [-0.05, 0) is 12.8 Å². The molecule has 0 aliphatic carbocycles. The van der Waals surface area contributed by atoms with Crippen LogP contribution in [0.2, 0.25) is 0 Å². The minimum atomic E-state index is -1.53. The summed E-state index contributed by atoms with van der Waals surface area (Å²) in [6.45, 7) is 3.75. The molecule has 0 aromatic heterocycles. The summed E-state index contributed by atoms with van der Waals surface area (Å²) in [7, 11) is 0. The van der Waals surface area contributed by atoms with Gasteiger partial charge in [0.15, 0.2) is 0 Å². The van der Waals surface area contributed by atoms with Gasteiger partial charge in [0.05, 0.1) is 6.61 Å². The van der Waals surface area contributed by atoms with Gasteiger partial charge in [0.1, 0.15) is 0 Å². The zero-order chi connectivity index (χ0) is 12.3. The summed E-state index contributed by atoms with van der Waals surface area (Å²) in [5.74, 6) is 11.0. The highest BCUT2D eigenvalue weighted by molar-refractivity contribution is 5.29. The van der Waals surface area contributed by atoms with Crippen molar-refractivity contribution in [3.05, 3.63) is 0 Å². The molecule has 0 bridgehead atoms. The Morgan fingerprint density at radius 1 is 0.938 bits per heavy atom. The Morgan fingerprint density at radius 2 is 1.38 bits per heavy atom. The Labute approximate surface area is 99.1 Å². The Bertz CT molecular complexity index is 259. The third-order valence-electron chi connectivity index (χ3n) is 2.13. The molecule has 16 heavy (non-hydrogen) atoms. The molecular formula is C14H22O2. The number of hydrogen-bond acceptors (Lipinski definition) is 2. The van der Waals surface area contributed by atoms with Crippen molar-refractivity contribution in [1.82, 2.24) is 0 Å². The van der Waals surface area contributed by atoms with Gasteiger partial charge in [0.2, 0.25) is 5.60 Å². The maximum atomic E-state index is 9.82. The second-order valence-electron chi connectivity index (χ2n) is 3.83. The third-order valence-corrected chi connectivity index (χ3v) is 2.13. The van der Waals surface area contributed by atoms with Gasteiger partial charge >= 0.3 is 0 Å². The van der Waals surface area contributed by atoms with Crippen molar-refractivity contribution < 1.29 is 10.2 Å². The number of aliphatic hydroxyl groups is 2. The van der Waals surface area contributed by atoms with E-state index in [1.807, 2.05) is 0 Å². The second kappa shape index (κ2) is 9.28. The molecule has 90 valence electrons. The molecular weight excluding hydrogens is 200 g/mol. The van der Waals surface area contributed by atoms with Crippen LogP contribution in [0, 0.1) is 23.7 Å². The van der Waals surface area contributed by atoms with E-state index >= 15 is 0 Å². The second-order valence-corrected chi connectivity index (χ2v) is 3.83. The summed E-state index contributed by atoms with van der Waals surface area (Å²) in [4.78, 5) is 0. The number of unbranched alkanes of at least 4 members (excludes halogenated alkanes) is 4. The Kier molecular flexibility index (Phi) is 8.72. The van der Waals surface area contributed by atoms with Crippen LogP contribution in [0.5, 0.6) is 0 Å². The van der Waals surface area contributed by atoms with Crippen LogP contribution in [-0.4, -0.2) is 22.4 Å². The van der Waals surface area contributed by atoms with E-state index in [4.69, 9.17) is 5.11 Å². The average molecular weight is 222 g/mol. The summed E-state index contributed by atoms with van der Waals surface area (Å²) in [6.07, 6.45) is 5.67. The highest BCUT2D eigenvalue weighted by Crippen LogP contribution is 2.01. The molecule has 0 aromatic carbocycles. The Hall–Kier alpha value is -0.960. The van der Waals surface area contributed by atoms with Crippen molar-refractivity contribution in [3.63, 3.8) is 0 Å². The summed E-state index contributed by atoms with van der Waals surface area (Å²) < 4.78 is 0. The summed E-state index contributed by atoms with van der Waals surface area (Å²) >= 11 is 0. The fourth-order valence-corrected chi connectivity index (χ4v) is 1.06. The van der Waals surface area contributed by atoms with Crippen LogP contribution in [0.4, 0.5) is 0 Å². The lowest BCUT2D eigenvalue weighted by atomic mass is 10.1. The molecule has 2 N–H and O–H groups in total. The summed E-state index contributed by atoms with van der Waals surface area (Å²) in [5.41, 5.74) is -1.53. The van der Waals surface area contributed by atoms with Crippen molar-refractivity contribution in [1.29, 1.82) is 0 Å². The Morgan fingerprint density at radius 3 is 1.69 bits per heavy atom. The largest absolute Gasteiger partial charge is 0.391 e. The zero-order valence-electron chi connectivity index (χ0n) is 10.3. The molecule has 0 aliphatic rings. The van der Waals surface area contributed by atoms with Crippen LogP contribution in [-0.2, 0) is 0 Å². The molecule has 2 heteroatoms. The quantitative estimate of drug-likeness (QED) is 0.552. The molecule has 0 atom stereocenters. The topological polar surface area (TPSA) is 40.5 Å². The van der Waals surface area contributed by atoms with Gasteiger partial charge in [-0.25, -0.2) is 0 Å². The number of rotatable bonds is 5. The van der Waals surface area contributed by atoms with E-state index < -0.39 is 12.2 Å². The van der Waals surface area contributed by atoms with Crippen LogP contribution >= 0.6 is 0 Å². The first kappa shape index (κ1) is 15.0. The zero-order valence-corrected chi connectivity index (χ0v) is 10.3. The minimum Gasteiger partial charge on any atom is -0.391 e. The van der Waals surface area contributed by atoms with Gasteiger partial charge in [-0.3, -0.25) is 0 Å². The molecule has 0 saturated heterocycles. The van der Waals surface area contributed by atoms with E-state index in [1.54, 1.807) is 0 Å². The highest BCUT2D eigenvalue weighted by Gasteiger charge is 2.18. The maximum absolute atomic E-state index is 9.82. The fourth-order valence-electron chi connectivity index (χ4n) is 1.06. The molecule has 0 unspecified atom stereocenters. The SMILES string of the molecule is CCCCC#CC(O)(C#CCCCC)CO. The predicted octanol–water partition coefficient (Wildman–Crippen LogP) is 2.10. The first-order valence-electron chi connectivity index (χ1n) is 6.01. The lowest BCUT2D eigenvalue weighted by Crippen LogP contribution is -2.29. The van der Waals surface area contributed by atoms with Crippen LogP contribution in [0.15, 0.2) is 0 Å². The van der Waals surface area contributed by atoms with E-state index in [9.17, 15) is 5.11 Å². The molecule has 0 amide bonds. The molecule has 0 spiro atoms. The normalized spacial score (nSPS) is 10.0.